The van der Waals surface area contributed by atoms with Crippen molar-refractivity contribution < 1.29 is 13.7 Å². The molecule has 0 aliphatic carbocycles. The Morgan fingerprint density at radius 2 is 1.79 bits per heavy atom. The van der Waals surface area contributed by atoms with Crippen molar-refractivity contribution in [1.29, 1.82) is 0 Å². The Balaban J connectivity index is 1.25. The summed E-state index contributed by atoms with van der Waals surface area (Å²) in [6.07, 6.45) is 1.91. The smallest absolute Gasteiger partial charge is 0.410 e. The third-order valence-corrected chi connectivity index (χ3v) is 8.61. The Morgan fingerprint density at radius 3 is 2.60 bits per heavy atom. The molecular formula is C32H32N6O3S. The highest BCUT2D eigenvalue weighted by Crippen LogP contribution is 2.34. The maximum Gasteiger partial charge on any atom is 0.410 e. The first-order valence-corrected chi connectivity index (χ1v) is 15.6. The molecule has 1 fully saturated rings. The highest BCUT2D eigenvalue weighted by atomic mass is 32.2. The van der Waals surface area contributed by atoms with Gasteiger partial charge in [-0.1, -0.05) is 66.7 Å². The molecule has 214 valence electrons. The molecule has 3 heterocycles. The van der Waals surface area contributed by atoms with E-state index in [1.165, 1.54) is 10.8 Å². The fraction of sp³-hybridized carbons (Fsp3) is 0.312. The molecule has 1 saturated heterocycles. The van der Waals surface area contributed by atoms with Gasteiger partial charge in [0.1, 0.15) is 18.5 Å². The number of anilines is 2. The van der Waals surface area contributed by atoms with Crippen LogP contribution in [0.15, 0.2) is 78.0 Å². The number of hydrogen-bond acceptors (Lipinski definition) is 7. The Hall–Kier alpha value is -4.49. The van der Waals surface area contributed by atoms with E-state index in [4.69, 9.17) is 21.3 Å². The zero-order valence-corrected chi connectivity index (χ0v) is 24.3. The van der Waals surface area contributed by atoms with E-state index in [2.05, 4.69) is 51.0 Å². The van der Waals surface area contributed by atoms with Gasteiger partial charge in [-0.2, -0.15) is 0 Å². The number of carbonyl (C=O) groups is 1. The summed E-state index contributed by atoms with van der Waals surface area (Å²) in [7, 11) is -1.37. The van der Waals surface area contributed by atoms with Crippen LogP contribution in [0.1, 0.15) is 16.8 Å². The molecule has 0 saturated carbocycles. The second kappa shape index (κ2) is 12.2. The first-order chi connectivity index (χ1) is 20.5. The van der Waals surface area contributed by atoms with Crippen LogP contribution in [0.25, 0.3) is 15.6 Å². The number of aromatic nitrogens is 2. The predicted octanol–water partition coefficient (Wildman–Crippen LogP) is 4.68. The maximum absolute atomic E-state index is 13.1. The third-order valence-electron chi connectivity index (χ3n) is 7.91. The Bertz CT molecular complexity index is 1670. The predicted molar refractivity (Wildman–Crippen MR) is 164 cm³/mol. The molecule has 0 bridgehead atoms. The maximum atomic E-state index is 13.1. The van der Waals surface area contributed by atoms with Gasteiger partial charge in [0.05, 0.1) is 23.0 Å². The minimum atomic E-state index is -1.37. The summed E-state index contributed by atoms with van der Waals surface area (Å²) in [5, 5.41) is 2.68. The van der Waals surface area contributed by atoms with Crippen LogP contribution in [0.5, 0.6) is 0 Å². The summed E-state index contributed by atoms with van der Waals surface area (Å²) in [6, 6.07) is 23.9. The van der Waals surface area contributed by atoms with Gasteiger partial charge >= 0.3 is 6.09 Å². The number of ether oxygens (including phenoxy) is 1. The molecule has 2 atom stereocenters. The molecule has 0 spiro atoms. The number of piperazine rings is 1. The molecule has 42 heavy (non-hydrogen) atoms. The molecule has 0 N–H and O–H groups in total. The fourth-order valence-electron chi connectivity index (χ4n) is 5.82. The van der Waals surface area contributed by atoms with Crippen LogP contribution in [0.4, 0.5) is 16.3 Å². The molecule has 10 heteroatoms. The standard InChI is InChI=1S/C32H32N6O3S/c1-33-19-25-20-37(17-18-38(25)32(39)41-22-23-9-4-3-5-10-23)30-27-15-16-36(21-28(27)34-31(35-30)42(2)40)29-14-8-12-24-11-6-7-13-26(24)29/h3-14,25H,15-22H2,2H3/t25-,42?/m0/s1. The topological polar surface area (TPSA) is 83.2 Å². The van der Waals surface area contributed by atoms with E-state index in [0.29, 0.717) is 31.3 Å². The summed E-state index contributed by atoms with van der Waals surface area (Å²) < 4.78 is 18.2. The fourth-order valence-corrected chi connectivity index (χ4v) is 6.27. The number of benzene rings is 3. The van der Waals surface area contributed by atoms with Gasteiger partial charge in [-0.3, -0.25) is 9.11 Å². The van der Waals surface area contributed by atoms with E-state index in [9.17, 15) is 9.00 Å². The van der Waals surface area contributed by atoms with Crippen molar-refractivity contribution in [3.8, 4) is 0 Å². The van der Waals surface area contributed by atoms with E-state index >= 15 is 0 Å². The van der Waals surface area contributed by atoms with Crippen LogP contribution in [0, 0.1) is 6.57 Å². The lowest BCUT2D eigenvalue weighted by Gasteiger charge is -2.40. The number of fused-ring (bicyclic) bond motifs is 2. The number of amides is 1. The van der Waals surface area contributed by atoms with Gasteiger partial charge in [0.15, 0.2) is 0 Å². The van der Waals surface area contributed by atoms with E-state index in [1.807, 2.05) is 36.4 Å². The molecule has 0 radical (unpaired) electrons. The zero-order chi connectivity index (χ0) is 29.1. The second-order valence-electron chi connectivity index (χ2n) is 10.6. The average molecular weight is 581 g/mol. The SMILES string of the molecule is [C-]#[N+]C[C@H]1CN(c2nc(S(C)=O)nc3c2CCN(c2cccc4ccccc24)C3)CCN1C(=O)OCc1ccccc1. The van der Waals surface area contributed by atoms with Gasteiger partial charge in [-0.15, -0.1) is 0 Å². The molecule has 2 aliphatic rings. The highest BCUT2D eigenvalue weighted by molar-refractivity contribution is 7.84. The van der Waals surface area contributed by atoms with Crippen molar-refractivity contribution in [3.05, 3.63) is 101 Å². The van der Waals surface area contributed by atoms with Crippen molar-refractivity contribution in [2.45, 2.75) is 30.8 Å². The minimum Gasteiger partial charge on any atom is -0.445 e. The molecule has 3 aromatic carbocycles. The molecular weight excluding hydrogens is 548 g/mol. The van der Waals surface area contributed by atoms with Crippen LogP contribution in [0.3, 0.4) is 0 Å². The van der Waals surface area contributed by atoms with Crippen LogP contribution in [-0.4, -0.2) is 70.2 Å². The average Bonchev–Trinajstić information content (AvgIpc) is 3.03. The molecule has 1 amide bonds. The number of nitrogens with zero attached hydrogens (tertiary/aromatic N) is 6. The zero-order valence-electron chi connectivity index (χ0n) is 23.5. The number of hydrogen-bond donors (Lipinski definition) is 0. The highest BCUT2D eigenvalue weighted by Gasteiger charge is 2.36. The normalized spacial score (nSPS) is 17.4. The lowest BCUT2D eigenvalue weighted by Crippen LogP contribution is -2.57. The minimum absolute atomic E-state index is 0.158. The first-order valence-electron chi connectivity index (χ1n) is 14.0. The lowest BCUT2D eigenvalue weighted by molar-refractivity contribution is 0.0788. The van der Waals surface area contributed by atoms with Crippen LogP contribution in [-0.2, 0) is 35.1 Å². The van der Waals surface area contributed by atoms with Gasteiger partial charge in [-0.05, 0) is 23.4 Å². The molecule has 6 rings (SSSR count). The molecule has 1 unspecified atom stereocenters. The largest absolute Gasteiger partial charge is 0.445 e. The van der Waals surface area contributed by atoms with Crippen molar-refractivity contribution >= 4 is 39.2 Å². The Labute approximate surface area is 248 Å². The van der Waals surface area contributed by atoms with Crippen molar-refractivity contribution in [2.75, 3.05) is 48.8 Å². The monoisotopic (exact) mass is 580 g/mol. The van der Waals surface area contributed by atoms with E-state index in [0.717, 1.165) is 41.3 Å². The van der Waals surface area contributed by atoms with Crippen LogP contribution in [0.2, 0.25) is 0 Å². The van der Waals surface area contributed by atoms with Gasteiger partial charge < -0.3 is 19.4 Å². The van der Waals surface area contributed by atoms with Crippen LogP contribution < -0.4 is 9.80 Å². The van der Waals surface area contributed by atoms with Crippen molar-refractivity contribution in [2.24, 2.45) is 0 Å². The molecule has 9 nitrogen and oxygen atoms in total. The van der Waals surface area contributed by atoms with Crippen molar-refractivity contribution in [3.63, 3.8) is 0 Å². The van der Waals surface area contributed by atoms with E-state index < -0.39 is 16.9 Å². The first kappa shape index (κ1) is 27.7. The molecule has 2 aliphatic heterocycles. The van der Waals surface area contributed by atoms with E-state index in [1.54, 1.807) is 11.2 Å². The lowest BCUT2D eigenvalue weighted by atomic mass is 10.0. The van der Waals surface area contributed by atoms with Gasteiger partial charge in [0, 0.05) is 49.1 Å². The van der Waals surface area contributed by atoms with Gasteiger partial charge in [0.2, 0.25) is 11.7 Å². The summed E-state index contributed by atoms with van der Waals surface area (Å²) in [5.74, 6) is 0.759. The Morgan fingerprint density at radius 1 is 1.00 bits per heavy atom. The summed E-state index contributed by atoms with van der Waals surface area (Å²) in [5.41, 5.74) is 3.98. The third kappa shape index (κ3) is 5.65. The van der Waals surface area contributed by atoms with Crippen molar-refractivity contribution in [1.82, 2.24) is 14.9 Å². The quantitative estimate of drug-likeness (QED) is 0.242. The Kier molecular flexibility index (Phi) is 8.02. The number of rotatable bonds is 6. The second-order valence-corrected chi connectivity index (χ2v) is 11.8. The van der Waals surface area contributed by atoms with Gasteiger partial charge in [0.25, 0.3) is 0 Å². The van der Waals surface area contributed by atoms with Crippen LogP contribution >= 0.6 is 0 Å². The van der Waals surface area contributed by atoms with E-state index in [-0.39, 0.29) is 19.2 Å². The number of carbonyl (C=O) groups excluding carboxylic acids is 1. The molecule has 4 aromatic rings. The van der Waals surface area contributed by atoms with Gasteiger partial charge in [-0.25, -0.2) is 21.3 Å². The summed E-state index contributed by atoms with van der Waals surface area (Å²) in [6.45, 7) is 10.6. The summed E-state index contributed by atoms with van der Waals surface area (Å²) >= 11 is 0. The summed E-state index contributed by atoms with van der Waals surface area (Å²) in [4.78, 5) is 32.3. The molecule has 1 aromatic heterocycles.